The normalized spacial score (nSPS) is 14.0. The number of carbonyl (C=O) groups is 2. The van der Waals surface area contributed by atoms with Crippen LogP contribution < -0.4 is 5.32 Å². The third-order valence-electron chi connectivity index (χ3n) is 6.91. The summed E-state index contributed by atoms with van der Waals surface area (Å²) in [5.41, 5.74) is 6.17. The van der Waals surface area contributed by atoms with Gasteiger partial charge in [0.25, 0.3) is 11.8 Å². The maximum absolute atomic E-state index is 12.8. The minimum atomic E-state index is -0.167. The lowest BCUT2D eigenvalue weighted by Gasteiger charge is -2.30. The van der Waals surface area contributed by atoms with Crippen LogP contribution >= 0.6 is 0 Å². The monoisotopic (exact) mass is 494 g/mol. The van der Waals surface area contributed by atoms with Crippen LogP contribution in [-0.4, -0.2) is 39.9 Å². The average molecular weight is 495 g/mol. The Labute approximate surface area is 216 Å². The fraction of sp³-hybridized carbons (Fsp3) is 0.267. The van der Waals surface area contributed by atoms with Crippen LogP contribution in [0, 0.1) is 20.8 Å². The second-order valence-corrected chi connectivity index (χ2v) is 9.74. The number of nitrogens with one attached hydrogen (secondary N) is 1. The Bertz CT molecular complexity index is 1420. The maximum Gasteiger partial charge on any atom is 0.255 e. The molecule has 1 aliphatic rings. The zero-order valence-corrected chi connectivity index (χ0v) is 21.3. The molecule has 0 bridgehead atoms. The number of piperidine rings is 1. The predicted octanol–water partition coefficient (Wildman–Crippen LogP) is 5.93. The molecular formula is C30H30N4O3. The molecule has 3 aromatic carbocycles. The summed E-state index contributed by atoms with van der Waals surface area (Å²) in [7, 11) is 0. The van der Waals surface area contributed by atoms with Gasteiger partial charge in [0.15, 0.2) is 0 Å². The number of aryl methyl sites for hydroxylation is 3. The Morgan fingerprint density at radius 1 is 0.865 bits per heavy atom. The number of anilines is 1. The largest absolute Gasteiger partial charge is 0.339 e. The molecule has 7 nitrogen and oxygen atoms in total. The lowest BCUT2D eigenvalue weighted by atomic mass is 9.96. The lowest BCUT2D eigenvalue weighted by molar-refractivity contribution is 0.0704. The summed E-state index contributed by atoms with van der Waals surface area (Å²) in [6.07, 6.45) is 1.55. The van der Waals surface area contributed by atoms with Crippen molar-refractivity contribution in [2.45, 2.75) is 39.5 Å². The number of amides is 2. The topological polar surface area (TPSA) is 88.3 Å². The van der Waals surface area contributed by atoms with E-state index in [9.17, 15) is 9.59 Å². The summed E-state index contributed by atoms with van der Waals surface area (Å²) in [6, 6.07) is 20.8. The lowest BCUT2D eigenvalue weighted by Crippen LogP contribution is -2.38. The third-order valence-corrected chi connectivity index (χ3v) is 6.91. The number of carbonyl (C=O) groups excluding carboxylic acids is 2. The molecule has 0 aliphatic carbocycles. The van der Waals surface area contributed by atoms with Crippen LogP contribution in [0.25, 0.3) is 11.4 Å². The van der Waals surface area contributed by atoms with E-state index in [-0.39, 0.29) is 17.7 Å². The molecule has 0 spiro atoms. The number of benzene rings is 3. The molecule has 4 aromatic rings. The van der Waals surface area contributed by atoms with E-state index in [0.29, 0.717) is 30.4 Å². The van der Waals surface area contributed by atoms with Gasteiger partial charge in [-0.3, -0.25) is 9.59 Å². The summed E-state index contributed by atoms with van der Waals surface area (Å²) < 4.78 is 5.59. The molecule has 5 rings (SSSR count). The highest BCUT2D eigenvalue weighted by atomic mass is 16.5. The number of hydrogen-bond acceptors (Lipinski definition) is 5. The highest BCUT2D eigenvalue weighted by molar-refractivity contribution is 6.04. The molecule has 1 fully saturated rings. The van der Waals surface area contributed by atoms with Gasteiger partial charge in [0.2, 0.25) is 11.7 Å². The smallest absolute Gasteiger partial charge is 0.255 e. The van der Waals surface area contributed by atoms with E-state index in [1.54, 1.807) is 12.1 Å². The van der Waals surface area contributed by atoms with Crippen molar-refractivity contribution >= 4 is 17.5 Å². The quantitative estimate of drug-likeness (QED) is 0.371. The van der Waals surface area contributed by atoms with Crippen molar-refractivity contribution < 1.29 is 14.1 Å². The van der Waals surface area contributed by atoms with Gasteiger partial charge in [0.05, 0.1) is 0 Å². The van der Waals surface area contributed by atoms with Crippen LogP contribution in [0.2, 0.25) is 0 Å². The van der Waals surface area contributed by atoms with Gasteiger partial charge in [0, 0.05) is 41.4 Å². The summed E-state index contributed by atoms with van der Waals surface area (Å²) in [6.45, 7) is 7.32. The first-order valence-corrected chi connectivity index (χ1v) is 12.6. The molecule has 2 heterocycles. The fourth-order valence-electron chi connectivity index (χ4n) is 4.65. The Morgan fingerprint density at radius 2 is 1.51 bits per heavy atom. The Hall–Kier alpha value is -4.26. The van der Waals surface area contributed by atoms with Crippen LogP contribution in [0.4, 0.5) is 5.69 Å². The van der Waals surface area contributed by atoms with Crippen molar-refractivity contribution in [2.75, 3.05) is 18.4 Å². The molecule has 188 valence electrons. The molecule has 7 heteroatoms. The van der Waals surface area contributed by atoms with Crippen LogP contribution in [0.3, 0.4) is 0 Å². The van der Waals surface area contributed by atoms with E-state index < -0.39 is 0 Å². The summed E-state index contributed by atoms with van der Waals surface area (Å²) in [5.74, 6) is 1.10. The van der Waals surface area contributed by atoms with E-state index >= 15 is 0 Å². The van der Waals surface area contributed by atoms with Gasteiger partial charge in [-0.05, 0) is 69.5 Å². The van der Waals surface area contributed by atoms with Crippen molar-refractivity contribution in [3.05, 3.63) is 100 Å². The molecule has 0 unspecified atom stereocenters. The SMILES string of the molecule is Cc1ccc(C(=O)N2CCC(c3nc(-c4ccc(C(=O)Nc5ccc(C)cc5C)cc4)no3)CC2)cc1. The third kappa shape index (κ3) is 5.45. The predicted molar refractivity (Wildman–Crippen MR) is 143 cm³/mol. The fourth-order valence-corrected chi connectivity index (χ4v) is 4.65. The Balaban J connectivity index is 1.19. The van der Waals surface area contributed by atoms with Crippen LogP contribution in [0.5, 0.6) is 0 Å². The van der Waals surface area contributed by atoms with E-state index in [2.05, 4.69) is 15.5 Å². The molecule has 0 atom stereocenters. The number of hydrogen-bond donors (Lipinski definition) is 1. The first-order chi connectivity index (χ1) is 17.9. The van der Waals surface area contributed by atoms with Gasteiger partial charge < -0.3 is 14.7 Å². The first-order valence-electron chi connectivity index (χ1n) is 12.6. The molecule has 1 N–H and O–H groups in total. The highest BCUT2D eigenvalue weighted by Crippen LogP contribution is 2.29. The zero-order chi connectivity index (χ0) is 25.9. The average Bonchev–Trinajstić information content (AvgIpc) is 3.41. The molecule has 0 radical (unpaired) electrons. The molecule has 37 heavy (non-hydrogen) atoms. The standard InChI is InChI=1S/C30H30N4O3/c1-19-4-7-25(8-5-19)30(36)34-16-14-24(15-17-34)29-32-27(33-37-29)22-9-11-23(12-10-22)28(35)31-26-13-6-20(2)18-21(26)3/h4-13,18,24H,14-17H2,1-3H3,(H,31,35). The molecule has 1 aliphatic heterocycles. The summed E-state index contributed by atoms with van der Waals surface area (Å²) >= 11 is 0. The molecule has 1 aromatic heterocycles. The zero-order valence-electron chi connectivity index (χ0n) is 21.3. The van der Waals surface area contributed by atoms with Gasteiger partial charge in [0.1, 0.15) is 0 Å². The van der Waals surface area contributed by atoms with Crippen molar-refractivity contribution in [3.8, 4) is 11.4 Å². The van der Waals surface area contributed by atoms with Crippen molar-refractivity contribution in [2.24, 2.45) is 0 Å². The molecule has 2 amide bonds. The number of likely N-dealkylation sites (tertiary alicyclic amines) is 1. The van der Waals surface area contributed by atoms with E-state index in [1.807, 2.05) is 80.3 Å². The Kier molecular flexibility index (Phi) is 6.86. The van der Waals surface area contributed by atoms with Crippen molar-refractivity contribution in [1.29, 1.82) is 0 Å². The van der Waals surface area contributed by atoms with Crippen LogP contribution in [0.1, 0.15) is 62.1 Å². The molecule has 1 saturated heterocycles. The molecule has 0 saturated carbocycles. The number of nitrogens with zero attached hydrogens (tertiary/aromatic N) is 3. The van der Waals surface area contributed by atoms with Crippen LogP contribution in [0.15, 0.2) is 71.3 Å². The minimum Gasteiger partial charge on any atom is -0.339 e. The van der Waals surface area contributed by atoms with Gasteiger partial charge in [-0.15, -0.1) is 0 Å². The first kappa shape index (κ1) is 24.4. The van der Waals surface area contributed by atoms with Gasteiger partial charge in [-0.1, -0.05) is 52.7 Å². The van der Waals surface area contributed by atoms with Gasteiger partial charge in [-0.25, -0.2) is 0 Å². The van der Waals surface area contributed by atoms with Crippen molar-refractivity contribution in [3.63, 3.8) is 0 Å². The highest BCUT2D eigenvalue weighted by Gasteiger charge is 2.28. The molecular weight excluding hydrogens is 464 g/mol. The summed E-state index contributed by atoms with van der Waals surface area (Å²) in [5, 5.41) is 7.13. The Morgan fingerprint density at radius 3 is 2.19 bits per heavy atom. The van der Waals surface area contributed by atoms with Gasteiger partial charge >= 0.3 is 0 Å². The van der Waals surface area contributed by atoms with Gasteiger partial charge in [-0.2, -0.15) is 4.98 Å². The van der Waals surface area contributed by atoms with E-state index in [4.69, 9.17) is 4.52 Å². The van der Waals surface area contributed by atoms with E-state index in [1.165, 1.54) is 0 Å². The van der Waals surface area contributed by atoms with Crippen LogP contribution in [-0.2, 0) is 0 Å². The number of aromatic nitrogens is 2. The second kappa shape index (κ2) is 10.4. The summed E-state index contributed by atoms with van der Waals surface area (Å²) in [4.78, 5) is 32.0. The number of rotatable bonds is 5. The maximum atomic E-state index is 12.8. The second-order valence-electron chi connectivity index (χ2n) is 9.74. The van der Waals surface area contributed by atoms with Crippen molar-refractivity contribution in [1.82, 2.24) is 15.0 Å². The minimum absolute atomic E-state index is 0.0614. The van der Waals surface area contributed by atoms with E-state index in [0.717, 1.165) is 46.3 Å².